The van der Waals surface area contributed by atoms with Crippen molar-refractivity contribution in [3.05, 3.63) is 71.0 Å². The van der Waals surface area contributed by atoms with Crippen molar-refractivity contribution in [2.75, 3.05) is 50.8 Å². The van der Waals surface area contributed by atoms with Gasteiger partial charge >= 0.3 is 12.2 Å². The molecule has 0 aliphatic rings. The predicted molar refractivity (Wildman–Crippen MR) is 157 cm³/mol. The zero-order valence-corrected chi connectivity index (χ0v) is 24.8. The Hall–Kier alpha value is -4.14. The fourth-order valence-corrected chi connectivity index (χ4v) is 4.24. The van der Waals surface area contributed by atoms with Gasteiger partial charge in [-0.2, -0.15) is 13.2 Å². The number of anilines is 2. The monoisotopic (exact) mass is 664 g/mol. The minimum absolute atomic E-state index is 0.0166. The molecule has 43 heavy (non-hydrogen) atoms. The SMILES string of the molecule is CCOCCOc1cc2ncnc(Oc3ccc(NC(=O)Nc4ccc(Br)c(C(F)(F)F)c4)cc3)c2cc1OCCOC. The zero-order valence-electron chi connectivity index (χ0n) is 23.2. The maximum atomic E-state index is 13.2. The lowest BCUT2D eigenvalue weighted by Gasteiger charge is -2.15. The number of carbonyl (C=O) groups is 1. The van der Waals surface area contributed by atoms with Gasteiger partial charge in [0.2, 0.25) is 5.88 Å². The summed E-state index contributed by atoms with van der Waals surface area (Å²) in [6, 6.07) is 12.5. The number of hydrogen-bond donors (Lipinski definition) is 2. The summed E-state index contributed by atoms with van der Waals surface area (Å²) >= 11 is 2.87. The average Bonchev–Trinajstić information content (AvgIpc) is 2.97. The Morgan fingerprint density at radius 3 is 2.26 bits per heavy atom. The number of urea groups is 1. The number of hydrogen-bond acceptors (Lipinski definition) is 8. The topological polar surface area (TPSA) is 113 Å². The lowest BCUT2D eigenvalue weighted by molar-refractivity contribution is -0.138. The molecule has 0 spiro atoms. The van der Waals surface area contributed by atoms with Crippen LogP contribution in [0.5, 0.6) is 23.1 Å². The second-order valence-electron chi connectivity index (χ2n) is 8.78. The molecule has 4 aromatic rings. The molecular weight excluding hydrogens is 637 g/mol. The normalized spacial score (nSPS) is 11.3. The molecule has 0 aliphatic carbocycles. The first-order valence-electron chi connectivity index (χ1n) is 13.0. The molecule has 4 rings (SSSR count). The smallest absolute Gasteiger partial charge is 0.417 e. The van der Waals surface area contributed by atoms with Gasteiger partial charge < -0.3 is 34.3 Å². The van der Waals surface area contributed by atoms with Crippen LogP contribution >= 0.6 is 15.9 Å². The molecule has 2 N–H and O–H groups in total. The van der Waals surface area contributed by atoms with Crippen molar-refractivity contribution < 1.29 is 41.7 Å². The Bertz CT molecular complexity index is 1540. The summed E-state index contributed by atoms with van der Waals surface area (Å²) in [5.74, 6) is 1.61. The van der Waals surface area contributed by atoms with Gasteiger partial charge in [-0.05, 0) is 55.5 Å². The van der Waals surface area contributed by atoms with Crippen LogP contribution in [0, 0.1) is 0 Å². The van der Waals surface area contributed by atoms with E-state index in [0.29, 0.717) is 66.9 Å². The number of nitrogens with one attached hydrogen (secondary N) is 2. The lowest BCUT2D eigenvalue weighted by Crippen LogP contribution is -2.19. The van der Waals surface area contributed by atoms with Crippen LogP contribution in [0.15, 0.2) is 65.4 Å². The number of carbonyl (C=O) groups excluding carboxylic acids is 1. The largest absolute Gasteiger partial charge is 0.487 e. The molecule has 0 atom stereocenters. The molecule has 228 valence electrons. The van der Waals surface area contributed by atoms with Gasteiger partial charge in [0.05, 0.1) is 29.7 Å². The van der Waals surface area contributed by atoms with Crippen LogP contribution in [0.4, 0.5) is 29.3 Å². The van der Waals surface area contributed by atoms with Gasteiger partial charge in [0.15, 0.2) is 11.5 Å². The number of amides is 2. The number of methoxy groups -OCH3 is 1. The van der Waals surface area contributed by atoms with E-state index in [9.17, 15) is 18.0 Å². The maximum Gasteiger partial charge on any atom is 0.417 e. The van der Waals surface area contributed by atoms with E-state index in [2.05, 4.69) is 36.5 Å². The number of ether oxygens (including phenoxy) is 5. The van der Waals surface area contributed by atoms with E-state index in [0.717, 1.165) is 6.07 Å². The molecule has 0 bridgehead atoms. The molecule has 14 heteroatoms. The number of nitrogens with zero attached hydrogens (tertiary/aromatic N) is 2. The molecule has 0 unspecified atom stereocenters. The molecule has 2 amide bonds. The van der Waals surface area contributed by atoms with E-state index in [1.54, 1.807) is 43.5 Å². The third-order valence-corrected chi connectivity index (χ3v) is 6.45. The molecular formula is C29H28BrF3N4O6. The van der Waals surface area contributed by atoms with E-state index in [1.807, 2.05) is 6.92 Å². The quantitative estimate of drug-likeness (QED) is 0.143. The van der Waals surface area contributed by atoms with Gasteiger partial charge in [-0.25, -0.2) is 14.8 Å². The summed E-state index contributed by atoms with van der Waals surface area (Å²) in [5.41, 5.74) is 0.0281. The first-order chi connectivity index (χ1) is 20.7. The van der Waals surface area contributed by atoms with Crippen molar-refractivity contribution in [1.29, 1.82) is 0 Å². The number of alkyl halides is 3. The Morgan fingerprint density at radius 1 is 0.884 bits per heavy atom. The van der Waals surface area contributed by atoms with Crippen LogP contribution < -0.4 is 24.8 Å². The molecule has 0 saturated heterocycles. The van der Waals surface area contributed by atoms with Gasteiger partial charge in [0.25, 0.3) is 0 Å². The standard InChI is InChI=1S/C29H28BrF3N4O6/c1-3-40-11-13-42-26-16-24-21(15-25(26)41-12-10-39-2)27(35-17-34-24)43-20-7-4-18(5-8-20)36-28(38)37-19-6-9-23(30)22(14-19)29(31,32)33/h4-9,14-17H,3,10-13H2,1-2H3,(H2,36,37,38). The highest BCUT2D eigenvalue weighted by molar-refractivity contribution is 9.10. The third-order valence-electron chi connectivity index (χ3n) is 5.75. The van der Waals surface area contributed by atoms with Crippen molar-refractivity contribution in [1.82, 2.24) is 9.97 Å². The molecule has 0 saturated carbocycles. The highest BCUT2D eigenvalue weighted by Gasteiger charge is 2.33. The Kier molecular flexibility index (Phi) is 11.0. The Labute approximate surface area is 253 Å². The first-order valence-corrected chi connectivity index (χ1v) is 13.8. The molecule has 3 aromatic carbocycles. The number of halogens is 4. The van der Waals surface area contributed by atoms with Crippen LogP contribution in [0.3, 0.4) is 0 Å². The summed E-state index contributed by atoms with van der Waals surface area (Å²) in [5, 5.41) is 5.54. The van der Waals surface area contributed by atoms with Crippen molar-refractivity contribution >= 4 is 44.2 Å². The zero-order chi connectivity index (χ0) is 30.8. The summed E-state index contributed by atoms with van der Waals surface area (Å²) in [6.45, 7) is 3.89. The van der Waals surface area contributed by atoms with Gasteiger partial charge in [0.1, 0.15) is 25.3 Å². The third kappa shape index (κ3) is 8.92. The first kappa shape index (κ1) is 31.8. The lowest BCUT2D eigenvalue weighted by atomic mass is 10.2. The van der Waals surface area contributed by atoms with E-state index in [1.165, 1.54) is 18.5 Å². The number of aromatic nitrogens is 2. The fourth-order valence-electron chi connectivity index (χ4n) is 3.77. The predicted octanol–water partition coefficient (Wildman–Crippen LogP) is 7.29. The van der Waals surface area contributed by atoms with Crippen molar-refractivity contribution in [2.45, 2.75) is 13.1 Å². The Morgan fingerprint density at radius 2 is 1.56 bits per heavy atom. The fraction of sp³-hybridized carbons (Fsp3) is 0.276. The number of rotatable bonds is 13. The van der Waals surface area contributed by atoms with E-state index < -0.39 is 17.8 Å². The van der Waals surface area contributed by atoms with E-state index >= 15 is 0 Å². The van der Waals surface area contributed by atoms with Crippen LogP contribution in [0.1, 0.15) is 12.5 Å². The molecule has 1 heterocycles. The van der Waals surface area contributed by atoms with Gasteiger partial charge in [0, 0.05) is 35.6 Å². The highest BCUT2D eigenvalue weighted by Crippen LogP contribution is 2.37. The average molecular weight is 665 g/mol. The summed E-state index contributed by atoms with van der Waals surface area (Å²) in [6.07, 6.45) is -3.21. The van der Waals surface area contributed by atoms with Gasteiger partial charge in [-0.1, -0.05) is 15.9 Å². The molecule has 1 aromatic heterocycles. The van der Waals surface area contributed by atoms with Crippen LogP contribution in [-0.2, 0) is 15.7 Å². The summed E-state index contributed by atoms with van der Waals surface area (Å²) in [7, 11) is 1.58. The maximum absolute atomic E-state index is 13.2. The summed E-state index contributed by atoms with van der Waals surface area (Å²) < 4.78 is 67.5. The second kappa shape index (κ2) is 14.8. The summed E-state index contributed by atoms with van der Waals surface area (Å²) in [4.78, 5) is 21.0. The van der Waals surface area contributed by atoms with Crippen LogP contribution in [0.2, 0.25) is 0 Å². The highest BCUT2D eigenvalue weighted by atomic mass is 79.9. The molecule has 10 nitrogen and oxygen atoms in total. The number of benzene rings is 3. The van der Waals surface area contributed by atoms with Gasteiger partial charge in [-0.3, -0.25) is 0 Å². The molecule has 0 aliphatic heterocycles. The Balaban J connectivity index is 1.46. The van der Waals surface area contributed by atoms with Crippen molar-refractivity contribution in [2.24, 2.45) is 0 Å². The minimum Gasteiger partial charge on any atom is -0.487 e. The van der Waals surface area contributed by atoms with Crippen molar-refractivity contribution in [3.63, 3.8) is 0 Å². The van der Waals surface area contributed by atoms with Crippen molar-refractivity contribution in [3.8, 4) is 23.1 Å². The van der Waals surface area contributed by atoms with Crippen LogP contribution in [-0.4, -0.2) is 56.1 Å². The van der Waals surface area contributed by atoms with Gasteiger partial charge in [-0.15, -0.1) is 0 Å². The van der Waals surface area contributed by atoms with E-state index in [4.69, 9.17) is 23.7 Å². The molecule has 0 radical (unpaired) electrons. The van der Waals surface area contributed by atoms with Crippen LogP contribution in [0.25, 0.3) is 10.9 Å². The molecule has 0 fully saturated rings. The second-order valence-corrected chi connectivity index (χ2v) is 9.63. The van der Waals surface area contributed by atoms with E-state index in [-0.39, 0.29) is 16.0 Å². The minimum atomic E-state index is -4.57. The number of fused-ring (bicyclic) bond motifs is 1.